The minimum absolute atomic E-state index is 0.190. The van der Waals surface area contributed by atoms with Gasteiger partial charge < -0.3 is 9.30 Å². The van der Waals surface area contributed by atoms with Gasteiger partial charge in [-0.15, -0.1) is 0 Å². The number of halogens is 1. The predicted molar refractivity (Wildman–Crippen MR) is 99.3 cm³/mol. The first kappa shape index (κ1) is 16.6. The molecule has 0 saturated carbocycles. The molecule has 1 saturated heterocycles. The zero-order chi connectivity index (χ0) is 18.3. The number of imidazole rings is 1. The van der Waals surface area contributed by atoms with Gasteiger partial charge in [0.2, 0.25) is 0 Å². The molecular formula is C21H21FN4O. The highest BCUT2D eigenvalue weighted by Crippen LogP contribution is 2.35. The molecule has 3 aromatic rings. The predicted octanol–water partition coefficient (Wildman–Crippen LogP) is 3.26. The van der Waals surface area contributed by atoms with E-state index >= 15 is 0 Å². The molecule has 2 aliphatic rings. The summed E-state index contributed by atoms with van der Waals surface area (Å²) in [5, 5.41) is 0. The lowest BCUT2D eigenvalue weighted by Crippen LogP contribution is -2.44. The Bertz CT molecular complexity index is 941. The summed E-state index contributed by atoms with van der Waals surface area (Å²) >= 11 is 0. The molecule has 0 bridgehead atoms. The Kier molecular flexibility index (Phi) is 4.02. The third-order valence-electron chi connectivity index (χ3n) is 5.56. The Morgan fingerprint density at radius 1 is 1.11 bits per heavy atom. The highest BCUT2D eigenvalue weighted by Gasteiger charge is 2.43. The summed E-state index contributed by atoms with van der Waals surface area (Å²) < 4.78 is 21.8. The van der Waals surface area contributed by atoms with Gasteiger partial charge in [0.15, 0.2) is 0 Å². The minimum Gasteiger partial charge on any atom is -0.364 e. The SMILES string of the molecule is Fc1ccc(-c2cnc3n2C[C@@]2(CCN(Cc4cccnc4)C2)OC3)cc1. The van der Waals surface area contributed by atoms with Crippen molar-refractivity contribution in [3.63, 3.8) is 0 Å². The molecule has 1 spiro atoms. The van der Waals surface area contributed by atoms with Crippen LogP contribution >= 0.6 is 0 Å². The van der Waals surface area contributed by atoms with Crippen LogP contribution in [0.1, 0.15) is 17.8 Å². The van der Waals surface area contributed by atoms with Gasteiger partial charge in [-0.3, -0.25) is 9.88 Å². The van der Waals surface area contributed by atoms with Crippen LogP contribution in [0.5, 0.6) is 0 Å². The Labute approximate surface area is 157 Å². The van der Waals surface area contributed by atoms with E-state index in [1.807, 2.05) is 30.6 Å². The lowest BCUT2D eigenvalue weighted by Gasteiger charge is -2.35. The second kappa shape index (κ2) is 6.55. The van der Waals surface area contributed by atoms with Crippen LogP contribution in [-0.4, -0.2) is 38.1 Å². The number of fused-ring (bicyclic) bond motifs is 1. The van der Waals surface area contributed by atoms with Crippen LogP contribution < -0.4 is 0 Å². The minimum atomic E-state index is -0.223. The summed E-state index contributed by atoms with van der Waals surface area (Å²) in [6.07, 6.45) is 6.59. The van der Waals surface area contributed by atoms with E-state index in [1.165, 1.54) is 17.7 Å². The topological polar surface area (TPSA) is 43.2 Å². The third-order valence-corrected chi connectivity index (χ3v) is 5.56. The first-order valence-corrected chi connectivity index (χ1v) is 9.26. The number of pyridine rings is 1. The Balaban J connectivity index is 1.36. The summed E-state index contributed by atoms with van der Waals surface area (Å²) in [6.45, 7) is 4.08. The maximum absolute atomic E-state index is 13.3. The Hall–Kier alpha value is -2.57. The number of rotatable bonds is 3. The molecule has 5 rings (SSSR count). The normalized spacial score (nSPS) is 22.3. The quantitative estimate of drug-likeness (QED) is 0.716. The van der Waals surface area contributed by atoms with Gasteiger partial charge in [0.1, 0.15) is 23.8 Å². The van der Waals surface area contributed by atoms with Crippen LogP contribution in [0.3, 0.4) is 0 Å². The molecule has 6 heteroatoms. The van der Waals surface area contributed by atoms with Crippen LogP contribution in [-0.2, 0) is 24.4 Å². The molecule has 2 aliphatic heterocycles. The van der Waals surface area contributed by atoms with Gasteiger partial charge in [-0.1, -0.05) is 6.07 Å². The Morgan fingerprint density at radius 2 is 2.00 bits per heavy atom. The molecule has 0 aliphatic carbocycles. The second-order valence-corrected chi connectivity index (χ2v) is 7.45. The van der Waals surface area contributed by atoms with E-state index in [0.29, 0.717) is 6.61 Å². The largest absolute Gasteiger partial charge is 0.364 e. The van der Waals surface area contributed by atoms with Crippen LogP contribution in [0.15, 0.2) is 55.0 Å². The van der Waals surface area contributed by atoms with Gasteiger partial charge in [-0.05, 0) is 47.9 Å². The van der Waals surface area contributed by atoms with E-state index in [1.54, 1.807) is 6.20 Å². The summed E-state index contributed by atoms with van der Waals surface area (Å²) in [4.78, 5) is 11.2. The van der Waals surface area contributed by atoms with Crippen molar-refractivity contribution in [2.75, 3.05) is 13.1 Å². The van der Waals surface area contributed by atoms with E-state index in [0.717, 1.165) is 49.7 Å². The number of ether oxygens (including phenoxy) is 1. The van der Waals surface area contributed by atoms with Gasteiger partial charge in [0.25, 0.3) is 0 Å². The highest BCUT2D eigenvalue weighted by atomic mass is 19.1. The lowest BCUT2D eigenvalue weighted by molar-refractivity contribution is -0.0821. The summed E-state index contributed by atoms with van der Waals surface area (Å²) in [7, 11) is 0. The Morgan fingerprint density at radius 3 is 2.81 bits per heavy atom. The number of nitrogens with zero attached hydrogens (tertiary/aromatic N) is 4. The van der Waals surface area contributed by atoms with Crippen molar-refractivity contribution in [3.8, 4) is 11.3 Å². The van der Waals surface area contributed by atoms with E-state index in [-0.39, 0.29) is 11.4 Å². The lowest BCUT2D eigenvalue weighted by atomic mass is 10.0. The molecule has 1 fully saturated rings. The van der Waals surface area contributed by atoms with Gasteiger partial charge in [-0.2, -0.15) is 0 Å². The first-order chi connectivity index (χ1) is 13.2. The molecule has 1 aromatic carbocycles. The van der Waals surface area contributed by atoms with Crippen LogP contribution in [0.2, 0.25) is 0 Å². The zero-order valence-corrected chi connectivity index (χ0v) is 15.0. The number of hydrogen-bond acceptors (Lipinski definition) is 4. The summed E-state index contributed by atoms with van der Waals surface area (Å²) in [5.41, 5.74) is 3.04. The molecule has 0 amide bonds. The fourth-order valence-corrected chi connectivity index (χ4v) is 4.17. The van der Waals surface area contributed by atoms with Crippen LogP contribution in [0, 0.1) is 5.82 Å². The van der Waals surface area contributed by atoms with Gasteiger partial charge in [0.05, 0.1) is 18.4 Å². The third kappa shape index (κ3) is 3.15. The fraction of sp³-hybridized carbons (Fsp3) is 0.333. The monoisotopic (exact) mass is 364 g/mol. The molecule has 5 nitrogen and oxygen atoms in total. The molecule has 1 atom stereocenters. The fourth-order valence-electron chi connectivity index (χ4n) is 4.17. The average molecular weight is 364 g/mol. The van der Waals surface area contributed by atoms with Crippen LogP contribution in [0.25, 0.3) is 11.3 Å². The molecule has 0 radical (unpaired) electrons. The van der Waals surface area contributed by atoms with Crippen molar-refractivity contribution >= 4 is 0 Å². The van der Waals surface area contributed by atoms with Crippen molar-refractivity contribution in [3.05, 3.63) is 72.2 Å². The van der Waals surface area contributed by atoms with Crippen molar-refractivity contribution < 1.29 is 9.13 Å². The van der Waals surface area contributed by atoms with E-state index in [9.17, 15) is 4.39 Å². The first-order valence-electron chi connectivity index (χ1n) is 9.26. The maximum Gasteiger partial charge on any atom is 0.135 e. The van der Waals surface area contributed by atoms with E-state index in [2.05, 4.69) is 25.5 Å². The van der Waals surface area contributed by atoms with Crippen LogP contribution in [0.4, 0.5) is 4.39 Å². The molecule has 4 heterocycles. The van der Waals surface area contributed by atoms with Gasteiger partial charge in [0, 0.05) is 32.0 Å². The molecular weight excluding hydrogens is 343 g/mol. The maximum atomic E-state index is 13.3. The summed E-state index contributed by atoms with van der Waals surface area (Å²) in [5.74, 6) is 0.712. The number of aromatic nitrogens is 3. The second-order valence-electron chi connectivity index (χ2n) is 7.45. The number of benzene rings is 1. The number of hydrogen-bond donors (Lipinski definition) is 0. The van der Waals surface area contributed by atoms with Crippen molar-refractivity contribution in [1.29, 1.82) is 0 Å². The van der Waals surface area contributed by atoms with Crippen molar-refractivity contribution in [2.24, 2.45) is 0 Å². The molecule has 0 N–H and O–H groups in total. The summed E-state index contributed by atoms with van der Waals surface area (Å²) in [6, 6.07) is 10.7. The number of likely N-dealkylation sites (tertiary alicyclic amines) is 1. The van der Waals surface area contributed by atoms with Crippen molar-refractivity contribution in [1.82, 2.24) is 19.4 Å². The molecule has 138 valence electrons. The van der Waals surface area contributed by atoms with E-state index < -0.39 is 0 Å². The van der Waals surface area contributed by atoms with Gasteiger partial charge >= 0.3 is 0 Å². The smallest absolute Gasteiger partial charge is 0.135 e. The highest BCUT2D eigenvalue weighted by molar-refractivity contribution is 5.59. The zero-order valence-electron chi connectivity index (χ0n) is 15.0. The van der Waals surface area contributed by atoms with Crippen molar-refractivity contribution in [2.45, 2.75) is 31.7 Å². The standard InChI is InChI=1S/C21H21FN4O/c22-18-5-3-17(4-6-18)19-11-24-20-13-27-21(15-26(19)20)7-9-25(14-21)12-16-2-1-8-23-10-16/h1-6,8,10-11H,7,9,12-15H2/t21-/m0/s1. The molecule has 0 unspecified atom stereocenters. The van der Waals surface area contributed by atoms with E-state index in [4.69, 9.17) is 4.74 Å². The molecule has 27 heavy (non-hydrogen) atoms. The molecule has 2 aromatic heterocycles. The van der Waals surface area contributed by atoms with Gasteiger partial charge in [-0.25, -0.2) is 9.37 Å². The average Bonchev–Trinajstić information content (AvgIpc) is 3.28.